The van der Waals surface area contributed by atoms with Crippen molar-refractivity contribution in [2.75, 3.05) is 6.16 Å². The second-order valence-electron chi connectivity index (χ2n) is 15.5. The van der Waals surface area contributed by atoms with E-state index in [1.807, 2.05) is 0 Å². The molecule has 0 atom stereocenters. The molecule has 0 N–H and O–H groups in total. The predicted molar refractivity (Wildman–Crippen MR) is 294 cm³/mol. The molecule has 0 heterocycles. The molecule has 0 nitrogen and oxygen atoms in total. The minimum Gasteiger partial charge on any atom is -0.0620 e. The molecule has 65 heavy (non-hydrogen) atoms. The zero-order valence-corrected chi connectivity index (χ0v) is 42.2. The van der Waals surface area contributed by atoms with Crippen LogP contribution in [0.4, 0.5) is 0 Å². The van der Waals surface area contributed by atoms with Gasteiger partial charge in [0.15, 0.2) is 0 Å². The molecule has 0 aliphatic heterocycles. The molecule has 0 aliphatic carbocycles. The van der Waals surface area contributed by atoms with Crippen LogP contribution < -0.4 is 42.4 Å². The van der Waals surface area contributed by atoms with Gasteiger partial charge in [-0.25, -0.2) is 0 Å². The first-order chi connectivity index (χ1) is 32.2. The predicted octanol–water partition coefficient (Wildman–Crippen LogP) is 13.1. The molecule has 0 amide bonds. The third-order valence-corrected chi connectivity index (χ3v) is 20.0. The molecule has 0 aromatic heterocycles. The Morgan fingerprint density at radius 1 is 0.323 bits per heavy atom. The molecule has 10 aromatic carbocycles. The Morgan fingerprint density at radius 2 is 0.585 bits per heavy atom. The monoisotopic (exact) mass is 1020 g/mol. The summed E-state index contributed by atoms with van der Waals surface area (Å²) in [4.78, 5) is 0. The van der Waals surface area contributed by atoms with Gasteiger partial charge in [0.2, 0.25) is 0 Å². The van der Waals surface area contributed by atoms with E-state index in [9.17, 15) is 0 Å². The van der Waals surface area contributed by atoms with Gasteiger partial charge in [-0.3, -0.25) is 0 Å². The Kier molecular flexibility index (Phi) is 17.3. The van der Waals surface area contributed by atoms with Gasteiger partial charge in [0.1, 0.15) is 31.8 Å². The summed E-state index contributed by atoms with van der Waals surface area (Å²) < 4.78 is 0. The van der Waals surface area contributed by atoms with Crippen molar-refractivity contribution in [3.05, 3.63) is 262 Å². The number of halogens is 2. The van der Waals surface area contributed by atoms with Crippen LogP contribution in [0.2, 0.25) is 0 Å². The Bertz CT molecular complexity index is 2710. The molecular formula is C59H51Cl2P3Ru+2. The first-order valence-corrected chi connectivity index (χ1v) is 31.0. The Labute approximate surface area is 404 Å². The van der Waals surface area contributed by atoms with Crippen LogP contribution >= 0.6 is 43.1 Å². The quantitative estimate of drug-likeness (QED) is 0.0688. The van der Waals surface area contributed by atoms with Crippen LogP contribution in [-0.2, 0) is 15.1 Å². The second-order valence-corrected chi connectivity index (χ2v) is 25.6. The van der Waals surface area contributed by atoms with Crippen LogP contribution in [0.1, 0.15) is 6.42 Å². The molecule has 0 fully saturated rings. The molecule has 0 saturated carbocycles. The molecule has 322 valence electrons. The molecule has 0 saturated heterocycles. The molecular weight excluding hydrogens is 974 g/mol. The standard InChI is InChI=1S/C44H32P2.C15H16P.2ClH.Ru/c1-5-19-35(20-6-1)45(36-21-7-2-8-22-36)41-31-29-33-17-13-15-27-39(33)43(41)44-40-28-16-14-18-34(40)30-32-42(44)46(37-23-9-3-10-24-37)38-25-11-4-12-26-38;1-2-13-16(14-9-5-3-6-10-14)15-11-7-4-8-12-15;;;/h1-32H;3-12H,1-2,13H2;2*1H;/q;-1;;;+2/p+1. The van der Waals surface area contributed by atoms with Crippen LogP contribution in [0.3, 0.4) is 0 Å². The van der Waals surface area contributed by atoms with Crippen molar-refractivity contribution in [2.24, 2.45) is 0 Å². The van der Waals surface area contributed by atoms with Crippen molar-refractivity contribution in [3.63, 3.8) is 0 Å². The summed E-state index contributed by atoms with van der Waals surface area (Å²) in [6.07, 6.45) is 2.22. The SMILES string of the molecule is [CH2-]CC[PH+](c1ccccc1)c1ccccc1.[Cl][Ru][Cl].c1ccc([PH+](c2ccccc2)c2ccc3ccccc3c2-c2c([PH+](c3ccccc3)c3ccccc3)ccc3ccccc23)cc1. The minimum atomic E-state index is -1.37. The second kappa shape index (κ2) is 24.1. The van der Waals surface area contributed by atoms with Gasteiger partial charge in [-0.15, -0.1) is 6.42 Å². The number of fused-ring (bicyclic) bond motifs is 2. The zero-order chi connectivity index (χ0) is 44.6. The van der Waals surface area contributed by atoms with Crippen LogP contribution in [0.15, 0.2) is 255 Å². The van der Waals surface area contributed by atoms with E-state index in [0.29, 0.717) is 0 Å². The molecule has 6 heteroatoms. The Hall–Kier alpha value is -4.79. The van der Waals surface area contributed by atoms with Gasteiger partial charge in [-0.05, 0) is 106 Å². The van der Waals surface area contributed by atoms with Crippen molar-refractivity contribution in [1.82, 2.24) is 0 Å². The van der Waals surface area contributed by atoms with E-state index >= 15 is 0 Å². The summed E-state index contributed by atoms with van der Waals surface area (Å²) in [6, 6.07) is 93.9. The summed E-state index contributed by atoms with van der Waals surface area (Å²) in [5.41, 5.74) is 2.75. The summed E-state index contributed by atoms with van der Waals surface area (Å²) in [7, 11) is 6.35. The van der Waals surface area contributed by atoms with Gasteiger partial charge in [-0.1, -0.05) is 170 Å². The van der Waals surface area contributed by atoms with Gasteiger partial charge in [0.25, 0.3) is 0 Å². The van der Waals surface area contributed by atoms with Crippen molar-refractivity contribution in [2.45, 2.75) is 6.42 Å². The zero-order valence-electron chi connectivity index (χ0n) is 36.0. The number of hydrogen-bond acceptors (Lipinski definition) is 0. The van der Waals surface area contributed by atoms with E-state index in [1.54, 1.807) is 0 Å². The minimum absolute atomic E-state index is 0.346. The summed E-state index contributed by atoms with van der Waals surface area (Å²) in [5.74, 6) is 0. The van der Waals surface area contributed by atoms with Crippen LogP contribution in [0.25, 0.3) is 32.7 Å². The van der Waals surface area contributed by atoms with Gasteiger partial charge in [-0.2, -0.15) is 0 Å². The average Bonchev–Trinajstić information content (AvgIpc) is 3.38. The van der Waals surface area contributed by atoms with E-state index < -0.39 is 23.8 Å². The normalized spacial score (nSPS) is 11.0. The van der Waals surface area contributed by atoms with E-state index in [2.05, 4.69) is 262 Å². The molecule has 0 spiro atoms. The van der Waals surface area contributed by atoms with Gasteiger partial charge < -0.3 is 6.92 Å². The van der Waals surface area contributed by atoms with Gasteiger partial charge in [0.05, 0.1) is 34.4 Å². The van der Waals surface area contributed by atoms with E-state index in [1.165, 1.54) is 81.3 Å². The smallest absolute Gasteiger partial charge is 0.0620 e. The molecule has 0 aliphatic rings. The molecule has 10 aromatic rings. The maximum absolute atomic E-state index is 4.85. The van der Waals surface area contributed by atoms with E-state index in [-0.39, 0.29) is 15.1 Å². The average molecular weight is 1020 g/mol. The number of rotatable bonds is 11. The van der Waals surface area contributed by atoms with E-state index in [0.717, 1.165) is 6.42 Å². The topological polar surface area (TPSA) is 0 Å². The fraction of sp³-hybridized carbons (Fsp3) is 0.0339. The summed E-state index contributed by atoms with van der Waals surface area (Å²) in [5, 5.41) is 16.6. The third kappa shape index (κ3) is 11.4. The van der Waals surface area contributed by atoms with Crippen molar-refractivity contribution >= 4 is 107 Å². The third-order valence-electron chi connectivity index (χ3n) is 11.6. The fourth-order valence-corrected chi connectivity index (χ4v) is 16.8. The number of hydrogen-bond donors (Lipinski definition) is 0. The molecule has 10 rings (SSSR count). The van der Waals surface area contributed by atoms with Crippen molar-refractivity contribution in [3.8, 4) is 11.1 Å². The van der Waals surface area contributed by atoms with E-state index in [4.69, 9.17) is 19.4 Å². The molecule has 0 radical (unpaired) electrons. The van der Waals surface area contributed by atoms with Gasteiger partial charge in [0, 0.05) is 17.3 Å². The Morgan fingerprint density at radius 3 is 0.877 bits per heavy atom. The number of benzene rings is 10. The molecule has 0 bridgehead atoms. The summed E-state index contributed by atoms with van der Waals surface area (Å²) >= 11 is -0.346. The maximum Gasteiger partial charge on any atom is 0.111 e. The first-order valence-electron chi connectivity index (χ1n) is 21.8. The van der Waals surface area contributed by atoms with Crippen LogP contribution in [0, 0.1) is 6.92 Å². The largest absolute Gasteiger partial charge is 0.111 e. The maximum atomic E-state index is 4.85. The van der Waals surface area contributed by atoms with Crippen molar-refractivity contribution < 1.29 is 15.1 Å². The molecule has 0 unspecified atom stereocenters. The fourth-order valence-electron chi connectivity index (χ4n) is 8.78. The first kappa shape index (κ1) is 46.7. The van der Waals surface area contributed by atoms with Crippen LogP contribution in [0.5, 0.6) is 0 Å². The summed E-state index contributed by atoms with van der Waals surface area (Å²) in [6.45, 7) is 4.00. The van der Waals surface area contributed by atoms with Crippen LogP contribution in [-0.4, -0.2) is 6.16 Å². The Balaban J connectivity index is 0.000000253. The van der Waals surface area contributed by atoms with Gasteiger partial charge >= 0.3 is 34.5 Å². The van der Waals surface area contributed by atoms with Crippen molar-refractivity contribution in [1.29, 1.82) is 0 Å².